The molecule has 3 heterocycles. The van der Waals surface area contributed by atoms with E-state index in [0.717, 1.165) is 5.69 Å². The van der Waals surface area contributed by atoms with Gasteiger partial charge in [0.25, 0.3) is 5.56 Å². The van der Waals surface area contributed by atoms with E-state index in [-0.39, 0.29) is 17.2 Å². The van der Waals surface area contributed by atoms with E-state index >= 15 is 0 Å². The van der Waals surface area contributed by atoms with Gasteiger partial charge >= 0.3 is 0 Å². The summed E-state index contributed by atoms with van der Waals surface area (Å²) in [5, 5.41) is 4.38. The molecule has 0 spiro atoms. The first kappa shape index (κ1) is 18.8. The maximum atomic E-state index is 12.5. The molecule has 2 aromatic heterocycles. The van der Waals surface area contributed by atoms with E-state index < -0.39 is 0 Å². The number of piperazine rings is 1. The number of amides is 1. The zero-order valence-electron chi connectivity index (χ0n) is 15.9. The molecule has 2 aromatic rings. The molecule has 0 aliphatic carbocycles. The first-order valence-electron chi connectivity index (χ1n) is 9.00. The number of aromatic amines is 1. The molecule has 0 bridgehead atoms. The molecule has 1 N–H and O–H groups in total. The number of anilines is 1. The number of carbonyl (C=O) groups is 2. The Balaban J connectivity index is 1.56. The van der Waals surface area contributed by atoms with Gasteiger partial charge < -0.3 is 14.8 Å². The lowest BCUT2D eigenvalue weighted by atomic mass is 10.1. The summed E-state index contributed by atoms with van der Waals surface area (Å²) in [6.45, 7) is 7.86. The molecule has 144 valence electrons. The van der Waals surface area contributed by atoms with Gasteiger partial charge in [-0.25, -0.2) is 4.98 Å². The number of hydrogen-bond donors (Lipinski definition) is 1. The Morgan fingerprint density at radius 2 is 1.89 bits per heavy atom. The maximum Gasteiger partial charge on any atom is 0.290 e. The Bertz CT molecular complexity index is 908. The van der Waals surface area contributed by atoms with Crippen molar-refractivity contribution >= 4 is 17.5 Å². The number of aryl methyl sites for hydroxylation is 2. The second-order valence-electron chi connectivity index (χ2n) is 6.68. The predicted molar refractivity (Wildman–Crippen MR) is 100.0 cm³/mol. The lowest BCUT2D eigenvalue weighted by Crippen LogP contribution is -2.50. The summed E-state index contributed by atoms with van der Waals surface area (Å²) in [5.74, 6) is 0.425. The normalized spacial score (nSPS) is 14.5. The number of aromatic nitrogens is 4. The van der Waals surface area contributed by atoms with Crippen LogP contribution in [0.5, 0.6) is 0 Å². The van der Waals surface area contributed by atoms with Gasteiger partial charge in [0, 0.05) is 57.2 Å². The third kappa shape index (κ3) is 3.91. The summed E-state index contributed by atoms with van der Waals surface area (Å²) < 4.78 is 1.73. The molecule has 1 saturated heterocycles. The number of hydrogen-bond acceptors (Lipinski definition) is 6. The molecular formula is C18H24N6O3. The SMILES string of the molecule is CC(=O)c1c(C)nn(CCC(=O)N2CCN(c3ncc[nH]c3=O)CC2)c1C. The van der Waals surface area contributed by atoms with Gasteiger partial charge in [0.1, 0.15) is 0 Å². The van der Waals surface area contributed by atoms with Crippen LogP contribution in [-0.2, 0) is 11.3 Å². The van der Waals surface area contributed by atoms with Crippen molar-refractivity contribution in [2.45, 2.75) is 33.7 Å². The highest BCUT2D eigenvalue weighted by molar-refractivity contribution is 5.96. The molecule has 0 atom stereocenters. The Morgan fingerprint density at radius 3 is 2.48 bits per heavy atom. The highest BCUT2D eigenvalue weighted by Crippen LogP contribution is 2.15. The monoisotopic (exact) mass is 372 g/mol. The van der Waals surface area contributed by atoms with Crippen molar-refractivity contribution in [3.05, 3.63) is 39.7 Å². The molecule has 1 fully saturated rings. The smallest absolute Gasteiger partial charge is 0.290 e. The van der Waals surface area contributed by atoms with Gasteiger partial charge in [-0.1, -0.05) is 0 Å². The van der Waals surface area contributed by atoms with Crippen LogP contribution in [0, 0.1) is 13.8 Å². The van der Waals surface area contributed by atoms with E-state index in [1.165, 1.54) is 13.1 Å². The molecule has 3 rings (SSSR count). The van der Waals surface area contributed by atoms with Crippen LogP contribution in [0.15, 0.2) is 17.2 Å². The molecule has 0 saturated carbocycles. The largest absolute Gasteiger partial charge is 0.348 e. The Hall–Kier alpha value is -2.97. The molecule has 0 unspecified atom stereocenters. The quantitative estimate of drug-likeness (QED) is 0.768. The molecule has 1 amide bonds. The summed E-state index contributed by atoms with van der Waals surface area (Å²) >= 11 is 0. The Morgan fingerprint density at radius 1 is 1.19 bits per heavy atom. The van der Waals surface area contributed by atoms with Gasteiger partial charge in [0.2, 0.25) is 5.91 Å². The van der Waals surface area contributed by atoms with Gasteiger partial charge in [-0.05, 0) is 20.8 Å². The summed E-state index contributed by atoms with van der Waals surface area (Å²) in [5.41, 5.74) is 1.91. The van der Waals surface area contributed by atoms with Crippen LogP contribution in [0.2, 0.25) is 0 Å². The second-order valence-corrected chi connectivity index (χ2v) is 6.68. The zero-order chi connectivity index (χ0) is 19.6. The molecule has 27 heavy (non-hydrogen) atoms. The van der Waals surface area contributed by atoms with E-state index in [4.69, 9.17) is 0 Å². The van der Waals surface area contributed by atoms with Crippen molar-refractivity contribution in [1.82, 2.24) is 24.6 Å². The number of Topliss-reactive ketones (excluding diaryl/α,β-unsaturated/α-hetero) is 1. The third-order valence-corrected chi connectivity index (χ3v) is 4.89. The molecule has 0 aromatic carbocycles. The number of nitrogens with one attached hydrogen (secondary N) is 1. The van der Waals surface area contributed by atoms with Gasteiger partial charge in [0.05, 0.1) is 11.3 Å². The van der Waals surface area contributed by atoms with Crippen LogP contribution in [0.1, 0.15) is 35.1 Å². The van der Waals surface area contributed by atoms with Crippen molar-refractivity contribution in [3.8, 4) is 0 Å². The Kier molecular flexibility index (Phi) is 5.38. The Labute approximate surface area is 157 Å². The molecule has 9 heteroatoms. The van der Waals surface area contributed by atoms with E-state index in [2.05, 4.69) is 15.1 Å². The number of H-pyrrole nitrogens is 1. The molecule has 1 aliphatic rings. The van der Waals surface area contributed by atoms with Crippen LogP contribution in [-0.4, -0.2) is 62.5 Å². The lowest BCUT2D eigenvalue weighted by molar-refractivity contribution is -0.131. The minimum Gasteiger partial charge on any atom is -0.348 e. The molecular weight excluding hydrogens is 348 g/mol. The average Bonchev–Trinajstić information content (AvgIpc) is 2.94. The lowest BCUT2D eigenvalue weighted by Gasteiger charge is -2.35. The van der Waals surface area contributed by atoms with Crippen LogP contribution in [0.25, 0.3) is 0 Å². The fraction of sp³-hybridized carbons (Fsp3) is 0.500. The molecule has 1 aliphatic heterocycles. The van der Waals surface area contributed by atoms with Crippen molar-refractivity contribution in [1.29, 1.82) is 0 Å². The number of rotatable bonds is 5. The van der Waals surface area contributed by atoms with Crippen LogP contribution in [0.3, 0.4) is 0 Å². The third-order valence-electron chi connectivity index (χ3n) is 4.89. The van der Waals surface area contributed by atoms with Gasteiger partial charge in [-0.3, -0.25) is 19.1 Å². The average molecular weight is 372 g/mol. The van der Waals surface area contributed by atoms with Gasteiger partial charge in [0.15, 0.2) is 11.6 Å². The second kappa shape index (κ2) is 7.73. The molecule has 9 nitrogen and oxygen atoms in total. The van der Waals surface area contributed by atoms with Crippen molar-refractivity contribution in [2.24, 2.45) is 0 Å². The first-order valence-corrected chi connectivity index (χ1v) is 9.00. The minimum absolute atomic E-state index is 0.0109. The van der Waals surface area contributed by atoms with Crippen LogP contribution >= 0.6 is 0 Å². The standard InChI is InChI=1S/C18H24N6O3/c1-12-16(14(3)25)13(2)24(21-12)7-4-15(26)22-8-10-23(11-9-22)17-18(27)20-6-5-19-17/h5-6H,4,7-11H2,1-3H3,(H,20,27). The van der Waals surface area contributed by atoms with Crippen LogP contribution in [0.4, 0.5) is 5.82 Å². The maximum absolute atomic E-state index is 12.5. The fourth-order valence-electron chi connectivity index (χ4n) is 3.52. The number of nitrogens with zero attached hydrogens (tertiary/aromatic N) is 5. The van der Waals surface area contributed by atoms with E-state index in [9.17, 15) is 14.4 Å². The van der Waals surface area contributed by atoms with Crippen molar-refractivity contribution < 1.29 is 9.59 Å². The summed E-state index contributed by atoms with van der Waals surface area (Å²) in [6.07, 6.45) is 3.38. The number of carbonyl (C=O) groups excluding carboxylic acids is 2. The van der Waals surface area contributed by atoms with Gasteiger partial charge in [-0.15, -0.1) is 0 Å². The van der Waals surface area contributed by atoms with E-state index in [1.54, 1.807) is 22.7 Å². The van der Waals surface area contributed by atoms with E-state index in [1.807, 2.05) is 11.8 Å². The topological polar surface area (TPSA) is 104 Å². The highest BCUT2D eigenvalue weighted by Gasteiger charge is 2.23. The van der Waals surface area contributed by atoms with Crippen molar-refractivity contribution in [2.75, 3.05) is 31.1 Å². The highest BCUT2D eigenvalue weighted by atomic mass is 16.2. The van der Waals surface area contributed by atoms with Crippen LogP contribution < -0.4 is 10.5 Å². The predicted octanol–water partition coefficient (Wildman–Crippen LogP) is 0.525. The van der Waals surface area contributed by atoms with E-state index in [0.29, 0.717) is 56.2 Å². The minimum atomic E-state index is -0.219. The summed E-state index contributed by atoms with van der Waals surface area (Å²) in [6, 6.07) is 0. The number of ketones is 1. The van der Waals surface area contributed by atoms with Crippen molar-refractivity contribution in [3.63, 3.8) is 0 Å². The summed E-state index contributed by atoms with van der Waals surface area (Å²) in [4.78, 5) is 46.5. The first-order chi connectivity index (χ1) is 12.9. The molecule has 0 radical (unpaired) electrons. The summed E-state index contributed by atoms with van der Waals surface area (Å²) in [7, 11) is 0. The fourth-order valence-corrected chi connectivity index (χ4v) is 3.52. The van der Waals surface area contributed by atoms with Gasteiger partial charge in [-0.2, -0.15) is 5.10 Å². The zero-order valence-corrected chi connectivity index (χ0v) is 15.9.